The van der Waals surface area contributed by atoms with E-state index in [1.165, 1.54) is 32.1 Å². The number of nitrogens with zero attached hydrogens (tertiary/aromatic N) is 1. The molecule has 0 bridgehead atoms. The van der Waals surface area contributed by atoms with Gasteiger partial charge in [0.05, 0.1) is 12.5 Å². The summed E-state index contributed by atoms with van der Waals surface area (Å²) in [6, 6.07) is 1.12. The highest BCUT2D eigenvalue weighted by molar-refractivity contribution is 5.76. The van der Waals surface area contributed by atoms with Crippen LogP contribution < -0.4 is 11.1 Å². The van der Waals surface area contributed by atoms with E-state index < -0.39 is 0 Å². The Morgan fingerprint density at radius 1 is 1.24 bits per heavy atom. The molecule has 1 atom stereocenters. The van der Waals surface area contributed by atoms with Gasteiger partial charge in [-0.25, -0.2) is 0 Å². The van der Waals surface area contributed by atoms with E-state index in [2.05, 4.69) is 10.2 Å². The summed E-state index contributed by atoms with van der Waals surface area (Å²) < 4.78 is 5.16. The van der Waals surface area contributed by atoms with Gasteiger partial charge in [-0.1, -0.05) is 19.3 Å². The molecule has 122 valence electrons. The zero-order valence-electron chi connectivity index (χ0n) is 13.4. The maximum Gasteiger partial charge on any atom is 0.222 e. The van der Waals surface area contributed by atoms with Gasteiger partial charge in [0, 0.05) is 38.8 Å². The molecule has 0 spiro atoms. The lowest BCUT2D eigenvalue weighted by Gasteiger charge is -2.39. The SMILES string of the molecule is COC(CN)CC(=O)NC1CCN(C2CCCCC2)CC1. The number of hydrogen-bond acceptors (Lipinski definition) is 4. The number of rotatable bonds is 6. The van der Waals surface area contributed by atoms with Gasteiger partial charge in [0.25, 0.3) is 0 Å². The van der Waals surface area contributed by atoms with Crippen LogP contribution in [0.3, 0.4) is 0 Å². The van der Waals surface area contributed by atoms with Crippen molar-refractivity contribution in [3.05, 3.63) is 0 Å². The third-order valence-electron chi connectivity index (χ3n) is 5.00. The number of methoxy groups -OCH3 is 1. The highest BCUT2D eigenvalue weighted by atomic mass is 16.5. The molecule has 1 unspecified atom stereocenters. The van der Waals surface area contributed by atoms with Gasteiger partial charge >= 0.3 is 0 Å². The van der Waals surface area contributed by atoms with E-state index in [1.807, 2.05) is 0 Å². The quantitative estimate of drug-likeness (QED) is 0.774. The van der Waals surface area contributed by atoms with Gasteiger partial charge in [-0.2, -0.15) is 0 Å². The number of ether oxygens (including phenoxy) is 1. The molecule has 5 nitrogen and oxygen atoms in total. The summed E-state index contributed by atoms with van der Waals surface area (Å²) in [6.45, 7) is 2.64. The van der Waals surface area contributed by atoms with Crippen LogP contribution in [0, 0.1) is 0 Å². The number of amides is 1. The predicted molar refractivity (Wildman–Crippen MR) is 84.1 cm³/mol. The molecular formula is C16H31N3O2. The molecule has 1 aliphatic heterocycles. The van der Waals surface area contributed by atoms with Gasteiger partial charge < -0.3 is 20.7 Å². The van der Waals surface area contributed by atoms with Crippen LogP contribution in [-0.4, -0.2) is 55.7 Å². The number of carbonyl (C=O) groups excluding carboxylic acids is 1. The first-order valence-corrected chi connectivity index (χ1v) is 8.49. The van der Waals surface area contributed by atoms with Gasteiger partial charge in [0.2, 0.25) is 5.91 Å². The fourth-order valence-electron chi connectivity index (χ4n) is 3.61. The lowest BCUT2D eigenvalue weighted by molar-refractivity contribution is -0.124. The molecule has 2 aliphatic rings. The third-order valence-corrected chi connectivity index (χ3v) is 5.00. The Kier molecular flexibility index (Phi) is 6.93. The standard InChI is InChI=1S/C16H31N3O2/c1-21-15(12-17)11-16(20)18-13-7-9-19(10-8-13)14-5-3-2-4-6-14/h13-15H,2-12,17H2,1H3,(H,18,20). The number of likely N-dealkylation sites (tertiary alicyclic amines) is 1. The Balaban J connectivity index is 1.67. The number of piperidine rings is 1. The molecule has 0 aromatic rings. The van der Waals surface area contributed by atoms with E-state index in [4.69, 9.17) is 10.5 Å². The first-order valence-electron chi connectivity index (χ1n) is 8.49. The minimum atomic E-state index is -0.160. The van der Waals surface area contributed by atoms with Crippen molar-refractivity contribution in [2.24, 2.45) is 5.73 Å². The predicted octanol–water partition coefficient (Wildman–Crippen LogP) is 1.26. The Morgan fingerprint density at radius 3 is 2.48 bits per heavy atom. The third kappa shape index (κ3) is 5.24. The highest BCUT2D eigenvalue weighted by Crippen LogP contribution is 2.25. The molecule has 0 radical (unpaired) electrons. The molecule has 1 amide bonds. The fourth-order valence-corrected chi connectivity index (χ4v) is 3.61. The number of hydrogen-bond donors (Lipinski definition) is 2. The number of carbonyl (C=O) groups is 1. The maximum atomic E-state index is 12.0. The molecule has 2 rings (SSSR count). The second-order valence-corrected chi connectivity index (χ2v) is 6.47. The maximum absolute atomic E-state index is 12.0. The zero-order chi connectivity index (χ0) is 15.1. The Labute approximate surface area is 128 Å². The molecule has 2 fully saturated rings. The van der Waals surface area contributed by atoms with Gasteiger partial charge in [-0.15, -0.1) is 0 Å². The molecule has 1 saturated carbocycles. The van der Waals surface area contributed by atoms with Gasteiger partial charge in [-0.3, -0.25) is 4.79 Å². The molecule has 1 aliphatic carbocycles. The van der Waals surface area contributed by atoms with Gasteiger partial charge in [0.15, 0.2) is 0 Å². The van der Waals surface area contributed by atoms with Crippen molar-refractivity contribution >= 4 is 5.91 Å². The van der Waals surface area contributed by atoms with Crippen LogP contribution in [0.1, 0.15) is 51.4 Å². The van der Waals surface area contributed by atoms with Crippen molar-refractivity contribution in [2.75, 3.05) is 26.7 Å². The average Bonchev–Trinajstić information content (AvgIpc) is 2.54. The molecule has 1 saturated heterocycles. The lowest BCUT2D eigenvalue weighted by Crippen LogP contribution is -2.49. The van der Waals surface area contributed by atoms with Crippen molar-refractivity contribution in [1.82, 2.24) is 10.2 Å². The molecule has 1 heterocycles. The molecule has 0 aromatic carbocycles. The van der Waals surface area contributed by atoms with Crippen LogP contribution in [0.5, 0.6) is 0 Å². The molecular weight excluding hydrogens is 266 g/mol. The monoisotopic (exact) mass is 297 g/mol. The zero-order valence-corrected chi connectivity index (χ0v) is 13.4. The van der Waals surface area contributed by atoms with Crippen molar-refractivity contribution in [1.29, 1.82) is 0 Å². The topological polar surface area (TPSA) is 67.6 Å². The minimum Gasteiger partial charge on any atom is -0.380 e. The highest BCUT2D eigenvalue weighted by Gasteiger charge is 2.27. The van der Waals surface area contributed by atoms with Crippen LogP contribution in [-0.2, 0) is 9.53 Å². The van der Waals surface area contributed by atoms with E-state index >= 15 is 0 Å². The number of nitrogens with one attached hydrogen (secondary N) is 1. The second kappa shape index (κ2) is 8.71. The summed E-state index contributed by atoms with van der Waals surface area (Å²) >= 11 is 0. The Morgan fingerprint density at radius 2 is 1.90 bits per heavy atom. The summed E-state index contributed by atoms with van der Waals surface area (Å²) in [7, 11) is 1.60. The smallest absolute Gasteiger partial charge is 0.222 e. The summed E-state index contributed by atoms with van der Waals surface area (Å²) in [5.41, 5.74) is 5.55. The molecule has 0 aromatic heterocycles. The normalized spacial score (nSPS) is 23.9. The van der Waals surface area contributed by atoms with Crippen LogP contribution in [0.15, 0.2) is 0 Å². The van der Waals surface area contributed by atoms with Crippen molar-refractivity contribution in [3.63, 3.8) is 0 Å². The van der Waals surface area contributed by atoms with Crippen molar-refractivity contribution < 1.29 is 9.53 Å². The second-order valence-electron chi connectivity index (χ2n) is 6.47. The molecule has 3 N–H and O–H groups in total. The van der Waals surface area contributed by atoms with Crippen LogP contribution in [0.4, 0.5) is 0 Å². The van der Waals surface area contributed by atoms with Crippen LogP contribution in [0.25, 0.3) is 0 Å². The van der Waals surface area contributed by atoms with E-state index in [0.29, 0.717) is 19.0 Å². The summed E-state index contributed by atoms with van der Waals surface area (Å²) in [5, 5.41) is 3.14. The molecule has 21 heavy (non-hydrogen) atoms. The van der Waals surface area contributed by atoms with Crippen molar-refractivity contribution in [2.45, 2.75) is 69.6 Å². The van der Waals surface area contributed by atoms with E-state index in [0.717, 1.165) is 32.0 Å². The van der Waals surface area contributed by atoms with Gasteiger partial charge in [-0.05, 0) is 25.7 Å². The summed E-state index contributed by atoms with van der Waals surface area (Å²) in [6.07, 6.45) is 9.27. The van der Waals surface area contributed by atoms with Crippen LogP contribution >= 0.6 is 0 Å². The first kappa shape index (κ1) is 16.7. The summed E-state index contributed by atoms with van der Waals surface area (Å²) in [5.74, 6) is 0.0726. The molecule has 5 heteroatoms. The van der Waals surface area contributed by atoms with E-state index in [9.17, 15) is 4.79 Å². The first-order chi connectivity index (χ1) is 10.2. The average molecular weight is 297 g/mol. The van der Waals surface area contributed by atoms with Crippen molar-refractivity contribution in [3.8, 4) is 0 Å². The Hall–Kier alpha value is -0.650. The van der Waals surface area contributed by atoms with E-state index in [-0.39, 0.29) is 12.0 Å². The van der Waals surface area contributed by atoms with E-state index in [1.54, 1.807) is 7.11 Å². The minimum absolute atomic E-state index is 0.0726. The van der Waals surface area contributed by atoms with Crippen LogP contribution in [0.2, 0.25) is 0 Å². The Bertz CT molecular complexity index is 307. The summed E-state index contributed by atoms with van der Waals surface area (Å²) in [4.78, 5) is 14.6. The lowest BCUT2D eigenvalue weighted by atomic mass is 9.92. The van der Waals surface area contributed by atoms with Gasteiger partial charge in [0.1, 0.15) is 0 Å². The number of nitrogens with two attached hydrogens (primary N) is 1. The largest absolute Gasteiger partial charge is 0.380 e. The fraction of sp³-hybridized carbons (Fsp3) is 0.938.